The van der Waals surface area contributed by atoms with Crippen molar-refractivity contribution in [2.75, 3.05) is 0 Å². The SMILES string of the molecule is CC1(C)[C@H](C(=O)O)[C@@H]1/C=C(\Cl)C(F)(F)F.C[C@H](N)c1ccccc1. The average molecular weight is 364 g/mol. The average Bonchev–Trinajstić information content (AvgIpc) is 3.00. The van der Waals surface area contributed by atoms with Gasteiger partial charge < -0.3 is 10.8 Å². The Kier molecular flexibility index (Phi) is 6.47. The van der Waals surface area contributed by atoms with Crippen molar-refractivity contribution in [3.63, 3.8) is 0 Å². The van der Waals surface area contributed by atoms with Gasteiger partial charge >= 0.3 is 12.1 Å². The molecular weight excluding hydrogens is 343 g/mol. The summed E-state index contributed by atoms with van der Waals surface area (Å²) in [4.78, 5) is 10.7. The molecule has 1 aliphatic rings. The molecule has 3 atom stereocenters. The highest BCUT2D eigenvalue weighted by atomic mass is 35.5. The molecule has 1 saturated carbocycles. The largest absolute Gasteiger partial charge is 0.481 e. The number of rotatable bonds is 3. The van der Waals surface area contributed by atoms with Crippen LogP contribution in [0.2, 0.25) is 0 Å². The van der Waals surface area contributed by atoms with Crippen LogP contribution in [-0.4, -0.2) is 17.3 Å². The lowest BCUT2D eigenvalue weighted by Gasteiger charge is -2.04. The number of allylic oxidation sites excluding steroid dienone is 2. The molecule has 0 bridgehead atoms. The van der Waals surface area contributed by atoms with Gasteiger partial charge in [0.15, 0.2) is 0 Å². The van der Waals surface area contributed by atoms with Crippen molar-refractivity contribution in [2.45, 2.75) is 33.0 Å². The molecule has 7 heteroatoms. The quantitative estimate of drug-likeness (QED) is 0.815. The molecule has 1 aliphatic carbocycles. The second kappa shape index (κ2) is 7.57. The molecule has 0 aliphatic heterocycles. The van der Waals surface area contributed by atoms with E-state index in [-0.39, 0.29) is 6.04 Å². The van der Waals surface area contributed by atoms with E-state index in [1.807, 2.05) is 37.3 Å². The minimum absolute atomic E-state index is 0.159. The van der Waals surface area contributed by atoms with Gasteiger partial charge in [-0.3, -0.25) is 4.79 Å². The highest BCUT2D eigenvalue weighted by molar-refractivity contribution is 6.30. The van der Waals surface area contributed by atoms with Gasteiger partial charge in [0.25, 0.3) is 0 Å². The van der Waals surface area contributed by atoms with Gasteiger partial charge in [0, 0.05) is 6.04 Å². The fourth-order valence-electron chi connectivity index (χ4n) is 2.47. The van der Waals surface area contributed by atoms with Crippen molar-refractivity contribution in [1.29, 1.82) is 0 Å². The molecule has 0 amide bonds. The number of carboxylic acid groups (broad SMARTS) is 1. The summed E-state index contributed by atoms with van der Waals surface area (Å²) in [5.74, 6) is -2.52. The van der Waals surface area contributed by atoms with E-state index in [1.165, 1.54) is 5.56 Å². The van der Waals surface area contributed by atoms with Crippen LogP contribution in [0.1, 0.15) is 32.4 Å². The molecule has 0 radical (unpaired) electrons. The van der Waals surface area contributed by atoms with Gasteiger partial charge in [-0.15, -0.1) is 0 Å². The number of carboxylic acids is 1. The lowest BCUT2D eigenvalue weighted by molar-refractivity contribution is -0.139. The van der Waals surface area contributed by atoms with Crippen molar-refractivity contribution in [3.05, 3.63) is 47.0 Å². The second-order valence-corrected chi connectivity index (χ2v) is 6.78. The Balaban J connectivity index is 0.000000272. The standard InChI is InChI=1S/C9H10ClF3O2.C8H11N/c1-8(2)4(6(8)7(14)15)3-5(10)9(11,12)13;1-7(9)8-5-3-2-4-6-8/h3-4,6H,1-2H3,(H,14,15);2-7H,9H2,1H3/b5-3-;/t4-,6-;7-/m00/s1. The van der Waals surface area contributed by atoms with E-state index in [4.69, 9.17) is 22.4 Å². The maximum absolute atomic E-state index is 12.1. The van der Waals surface area contributed by atoms with Crippen LogP contribution in [0.4, 0.5) is 13.2 Å². The molecule has 0 heterocycles. The summed E-state index contributed by atoms with van der Waals surface area (Å²) in [5.41, 5.74) is 6.15. The maximum atomic E-state index is 12.1. The Morgan fingerprint density at radius 1 is 1.33 bits per heavy atom. The molecule has 0 aromatic heterocycles. The summed E-state index contributed by atoms with van der Waals surface area (Å²) >= 11 is 5.03. The smallest absolute Gasteiger partial charge is 0.426 e. The Morgan fingerprint density at radius 2 is 1.83 bits per heavy atom. The van der Waals surface area contributed by atoms with E-state index in [0.717, 1.165) is 6.08 Å². The second-order valence-electron chi connectivity index (χ2n) is 6.37. The summed E-state index contributed by atoms with van der Waals surface area (Å²) in [6.07, 6.45) is -3.80. The summed E-state index contributed by atoms with van der Waals surface area (Å²) in [5, 5.41) is 7.48. The molecule has 1 aromatic rings. The van der Waals surface area contributed by atoms with Crippen molar-refractivity contribution in [3.8, 4) is 0 Å². The van der Waals surface area contributed by atoms with Gasteiger partial charge in [-0.05, 0) is 23.8 Å². The number of alkyl halides is 3. The number of hydrogen-bond acceptors (Lipinski definition) is 2. The lowest BCUT2D eigenvalue weighted by Crippen LogP contribution is -2.07. The Labute approximate surface area is 144 Å². The zero-order valence-corrected chi connectivity index (χ0v) is 14.4. The molecule has 2 rings (SSSR count). The number of aliphatic carboxylic acids is 1. The van der Waals surface area contributed by atoms with Crippen LogP contribution < -0.4 is 5.73 Å². The van der Waals surface area contributed by atoms with Gasteiger partial charge in [0.2, 0.25) is 0 Å². The van der Waals surface area contributed by atoms with E-state index in [9.17, 15) is 18.0 Å². The van der Waals surface area contributed by atoms with E-state index in [1.54, 1.807) is 13.8 Å². The number of halogens is 4. The van der Waals surface area contributed by atoms with Gasteiger partial charge in [0.05, 0.1) is 5.92 Å². The molecule has 0 spiro atoms. The number of nitrogens with two attached hydrogens (primary N) is 1. The first-order valence-electron chi connectivity index (χ1n) is 7.37. The first kappa shape index (κ1) is 20.5. The maximum Gasteiger partial charge on any atom is 0.426 e. The predicted octanol–water partition coefficient (Wildman–Crippen LogP) is 4.73. The summed E-state index contributed by atoms with van der Waals surface area (Å²) in [6, 6.07) is 10.2. The van der Waals surface area contributed by atoms with Gasteiger partial charge in [0.1, 0.15) is 5.03 Å². The minimum atomic E-state index is -4.59. The zero-order chi connectivity index (χ0) is 18.7. The number of carbonyl (C=O) groups is 1. The van der Waals surface area contributed by atoms with Gasteiger partial charge in [-0.2, -0.15) is 13.2 Å². The number of hydrogen-bond donors (Lipinski definition) is 2. The molecule has 1 fully saturated rings. The highest BCUT2D eigenvalue weighted by Gasteiger charge is 2.61. The van der Waals surface area contributed by atoms with Crippen LogP contribution >= 0.6 is 11.6 Å². The molecule has 24 heavy (non-hydrogen) atoms. The molecule has 134 valence electrons. The van der Waals surface area contributed by atoms with E-state index < -0.39 is 34.4 Å². The minimum Gasteiger partial charge on any atom is -0.481 e. The summed E-state index contributed by atoms with van der Waals surface area (Å²) in [6.45, 7) is 5.19. The molecular formula is C17H21ClF3NO2. The van der Waals surface area contributed by atoms with Gasteiger partial charge in [-0.1, -0.05) is 61.9 Å². The van der Waals surface area contributed by atoms with Crippen LogP contribution in [0.3, 0.4) is 0 Å². The third kappa shape index (κ3) is 5.24. The van der Waals surface area contributed by atoms with Crippen molar-refractivity contribution in [1.82, 2.24) is 0 Å². The van der Waals surface area contributed by atoms with Crippen molar-refractivity contribution >= 4 is 17.6 Å². The summed E-state index contributed by atoms with van der Waals surface area (Å²) < 4.78 is 36.2. The van der Waals surface area contributed by atoms with Crippen LogP contribution in [0.5, 0.6) is 0 Å². The normalized spacial score (nSPS) is 23.8. The molecule has 3 nitrogen and oxygen atoms in total. The zero-order valence-electron chi connectivity index (χ0n) is 13.6. The van der Waals surface area contributed by atoms with Crippen molar-refractivity contribution < 1.29 is 23.1 Å². The first-order chi connectivity index (χ1) is 10.9. The predicted molar refractivity (Wildman–Crippen MR) is 87.4 cm³/mol. The van der Waals surface area contributed by atoms with Gasteiger partial charge in [-0.25, -0.2) is 0 Å². The number of benzene rings is 1. The fraction of sp³-hybridized carbons (Fsp3) is 0.471. The third-order valence-electron chi connectivity index (χ3n) is 4.10. The van der Waals surface area contributed by atoms with Crippen LogP contribution in [0.15, 0.2) is 41.4 Å². The van der Waals surface area contributed by atoms with Crippen molar-refractivity contribution in [2.24, 2.45) is 23.0 Å². The van der Waals surface area contributed by atoms with E-state index in [0.29, 0.717) is 0 Å². The molecule has 0 unspecified atom stereocenters. The first-order valence-corrected chi connectivity index (χ1v) is 7.74. The van der Waals surface area contributed by atoms with E-state index >= 15 is 0 Å². The Bertz CT molecular complexity index is 598. The van der Waals surface area contributed by atoms with Crippen LogP contribution in [-0.2, 0) is 4.79 Å². The van der Waals surface area contributed by atoms with Crippen LogP contribution in [0.25, 0.3) is 0 Å². The Morgan fingerprint density at radius 3 is 2.12 bits per heavy atom. The molecule has 1 aromatic carbocycles. The topological polar surface area (TPSA) is 63.3 Å². The summed E-state index contributed by atoms with van der Waals surface area (Å²) in [7, 11) is 0. The fourth-order valence-corrected chi connectivity index (χ4v) is 2.60. The third-order valence-corrected chi connectivity index (χ3v) is 4.44. The Hall–Kier alpha value is -1.53. The lowest BCUT2D eigenvalue weighted by atomic mass is 10.1. The highest BCUT2D eigenvalue weighted by Crippen LogP contribution is 2.60. The monoisotopic (exact) mass is 363 g/mol. The molecule has 3 N–H and O–H groups in total. The van der Waals surface area contributed by atoms with Crippen LogP contribution in [0, 0.1) is 17.3 Å². The molecule has 0 saturated heterocycles. The van der Waals surface area contributed by atoms with E-state index in [2.05, 4.69) is 0 Å².